The summed E-state index contributed by atoms with van der Waals surface area (Å²) in [5.41, 5.74) is 0. The summed E-state index contributed by atoms with van der Waals surface area (Å²) in [4.78, 5) is 24.3. The Balaban J connectivity index is 3.44. The zero-order valence-corrected chi connectivity index (χ0v) is 37.1. The molecule has 2 unspecified atom stereocenters. The molecule has 0 bridgehead atoms. The molecule has 0 aliphatic rings. The number of amides is 1. The van der Waals surface area contributed by atoms with E-state index >= 15 is 0 Å². The van der Waals surface area contributed by atoms with Crippen LogP contribution >= 0.6 is 0 Å². The number of carbonyl (C=O) groups is 2. The quantitative estimate of drug-likeness (QED) is 0.0325. The molecule has 328 valence electrons. The van der Waals surface area contributed by atoms with Crippen LogP contribution in [0.1, 0.15) is 245 Å². The normalized spacial score (nSPS) is 13.0. The van der Waals surface area contributed by atoms with Crippen LogP contribution in [0.3, 0.4) is 0 Å². The van der Waals surface area contributed by atoms with E-state index in [2.05, 4.69) is 43.5 Å². The largest absolute Gasteiger partial charge is 0.466 e. The maximum Gasteiger partial charge on any atom is 0.305 e. The Bertz CT molecular complexity index is 915. The lowest BCUT2D eigenvalue weighted by molar-refractivity contribution is -0.143. The first-order chi connectivity index (χ1) is 27.5. The Morgan fingerprint density at radius 2 is 0.911 bits per heavy atom. The average molecular weight is 788 g/mol. The van der Waals surface area contributed by atoms with Crippen molar-refractivity contribution in [2.45, 2.75) is 257 Å². The second kappa shape index (κ2) is 45.8. The highest BCUT2D eigenvalue weighted by molar-refractivity contribution is 5.76. The van der Waals surface area contributed by atoms with Crippen molar-refractivity contribution in [3.63, 3.8) is 0 Å². The van der Waals surface area contributed by atoms with E-state index in [1.807, 2.05) is 6.08 Å². The van der Waals surface area contributed by atoms with Crippen molar-refractivity contribution >= 4 is 11.9 Å². The lowest BCUT2D eigenvalue weighted by atomic mass is 10.0. The SMILES string of the molecule is CCCC/C=C\C/C=C\CCCCCCCC(=O)OCCCCCCCCCCCCCCCCCCC(=O)NC(CO)C(O)/C=C/CCCCCCCCC. The third-order valence-corrected chi connectivity index (χ3v) is 10.9. The van der Waals surface area contributed by atoms with Crippen molar-refractivity contribution in [2.75, 3.05) is 13.2 Å². The Kier molecular flexibility index (Phi) is 44.2. The molecule has 0 aromatic rings. The van der Waals surface area contributed by atoms with Gasteiger partial charge in [-0.05, 0) is 57.8 Å². The number of allylic oxidation sites excluding steroid dienone is 5. The summed E-state index contributed by atoms with van der Waals surface area (Å²) >= 11 is 0. The summed E-state index contributed by atoms with van der Waals surface area (Å²) in [5, 5.41) is 22.9. The van der Waals surface area contributed by atoms with Gasteiger partial charge in [0.15, 0.2) is 0 Å². The summed E-state index contributed by atoms with van der Waals surface area (Å²) in [6.45, 7) is 4.80. The number of hydrogen-bond acceptors (Lipinski definition) is 5. The molecular formula is C50H93NO5. The molecule has 0 aliphatic heterocycles. The van der Waals surface area contributed by atoms with Gasteiger partial charge in [0.2, 0.25) is 5.91 Å². The van der Waals surface area contributed by atoms with Gasteiger partial charge in [0.25, 0.3) is 0 Å². The average Bonchev–Trinajstić information content (AvgIpc) is 3.20. The number of aliphatic hydroxyl groups excluding tert-OH is 2. The van der Waals surface area contributed by atoms with Crippen molar-refractivity contribution in [3.8, 4) is 0 Å². The molecule has 0 heterocycles. The van der Waals surface area contributed by atoms with Gasteiger partial charge in [-0.3, -0.25) is 9.59 Å². The zero-order chi connectivity index (χ0) is 40.8. The summed E-state index contributed by atoms with van der Waals surface area (Å²) in [7, 11) is 0. The highest BCUT2D eigenvalue weighted by Crippen LogP contribution is 2.15. The fourth-order valence-electron chi connectivity index (χ4n) is 7.12. The molecule has 6 nitrogen and oxygen atoms in total. The van der Waals surface area contributed by atoms with Crippen LogP contribution in [0.15, 0.2) is 36.5 Å². The highest BCUT2D eigenvalue weighted by Gasteiger charge is 2.18. The first-order valence-electron chi connectivity index (χ1n) is 24.3. The summed E-state index contributed by atoms with van der Waals surface area (Å²) in [6.07, 6.45) is 54.3. The van der Waals surface area contributed by atoms with Gasteiger partial charge >= 0.3 is 5.97 Å². The van der Waals surface area contributed by atoms with E-state index in [0.29, 0.717) is 19.4 Å². The number of unbranched alkanes of at least 4 members (excludes halogenated alkanes) is 29. The van der Waals surface area contributed by atoms with Crippen LogP contribution in [0.2, 0.25) is 0 Å². The lowest BCUT2D eigenvalue weighted by Gasteiger charge is -2.20. The van der Waals surface area contributed by atoms with Gasteiger partial charge in [-0.25, -0.2) is 0 Å². The van der Waals surface area contributed by atoms with E-state index in [9.17, 15) is 19.8 Å². The van der Waals surface area contributed by atoms with E-state index in [1.54, 1.807) is 6.08 Å². The molecule has 0 aliphatic carbocycles. The van der Waals surface area contributed by atoms with Crippen LogP contribution in [0.4, 0.5) is 0 Å². The molecule has 0 rings (SSSR count). The minimum atomic E-state index is -0.847. The molecule has 0 saturated carbocycles. The van der Waals surface area contributed by atoms with Crippen molar-refractivity contribution < 1.29 is 24.5 Å². The number of nitrogens with one attached hydrogen (secondary N) is 1. The molecule has 6 heteroatoms. The van der Waals surface area contributed by atoms with Crippen LogP contribution in [0.25, 0.3) is 0 Å². The first-order valence-corrected chi connectivity index (χ1v) is 24.3. The first kappa shape index (κ1) is 54.1. The molecular weight excluding hydrogens is 695 g/mol. The van der Waals surface area contributed by atoms with Crippen LogP contribution in [0, 0.1) is 0 Å². The number of rotatable bonds is 44. The molecule has 1 amide bonds. The van der Waals surface area contributed by atoms with Crippen molar-refractivity contribution in [1.29, 1.82) is 0 Å². The summed E-state index contributed by atoms with van der Waals surface area (Å²) in [5.74, 6) is -0.0928. The fourth-order valence-corrected chi connectivity index (χ4v) is 7.12. The molecule has 0 spiro atoms. The Labute approximate surface area is 347 Å². The van der Waals surface area contributed by atoms with E-state index in [0.717, 1.165) is 57.8 Å². The number of aliphatic hydroxyl groups is 2. The second-order valence-electron chi connectivity index (χ2n) is 16.4. The number of hydrogen-bond donors (Lipinski definition) is 3. The van der Waals surface area contributed by atoms with Gasteiger partial charge in [-0.15, -0.1) is 0 Å². The van der Waals surface area contributed by atoms with Crippen LogP contribution in [-0.2, 0) is 14.3 Å². The van der Waals surface area contributed by atoms with E-state index in [-0.39, 0.29) is 18.5 Å². The maximum absolute atomic E-state index is 12.3. The predicted molar refractivity (Wildman–Crippen MR) is 241 cm³/mol. The molecule has 3 N–H and O–H groups in total. The highest BCUT2D eigenvalue weighted by atomic mass is 16.5. The number of carbonyl (C=O) groups excluding carboxylic acids is 2. The minimum absolute atomic E-state index is 0.0136. The third kappa shape index (κ3) is 41.7. The van der Waals surface area contributed by atoms with Gasteiger partial charge < -0.3 is 20.3 Å². The van der Waals surface area contributed by atoms with Crippen molar-refractivity contribution in [1.82, 2.24) is 5.32 Å². The minimum Gasteiger partial charge on any atom is -0.466 e. The number of ether oxygens (including phenoxy) is 1. The lowest BCUT2D eigenvalue weighted by Crippen LogP contribution is -2.45. The van der Waals surface area contributed by atoms with Gasteiger partial charge in [-0.1, -0.05) is 211 Å². The number of esters is 1. The molecule has 2 atom stereocenters. The van der Waals surface area contributed by atoms with Crippen LogP contribution in [-0.4, -0.2) is 47.4 Å². The van der Waals surface area contributed by atoms with E-state index in [1.165, 1.54) is 161 Å². The van der Waals surface area contributed by atoms with Gasteiger partial charge in [0.05, 0.1) is 25.4 Å². The van der Waals surface area contributed by atoms with Crippen LogP contribution < -0.4 is 5.32 Å². The maximum atomic E-state index is 12.3. The molecule has 0 radical (unpaired) electrons. The van der Waals surface area contributed by atoms with E-state index in [4.69, 9.17) is 4.74 Å². The summed E-state index contributed by atoms with van der Waals surface area (Å²) in [6, 6.07) is -0.631. The van der Waals surface area contributed by atoms with Crippen molar-refractivity contribution in [3.05, 3.63) is 36.5 Å². The van der Waals surface area contributed by atoms with Gasteiger partial charge in [0.1, 0.15) is 0 Å². The topological polar surface area (TPSA) is 95.9 Å². The molecule has 0 fully saturated rings. The predicted octanol–water partition coefficient (Wildman–Crippen LogP) is 14.1. The van der Waals surface area contributed by atoms with E-state index < -0.39 is 12.1 Å². The standard InChI is InChI=1S/C50H93NO5/c1-3-5-7-9-11-13-14-15-21-24-28-32-36-40-44-50(55)56-45-41-37-33-29-25-22-19-17-16-18-20-23-27-31-35-39-43-49(54)51-47(46-52)48(53)42-38-34-30-26-12-10-8-6-4-2/h9,11,14-15,38,42,47-48,52-53H,3-8,10,12-13,16-37,39-41,43-46H2,1-2H3,(H,51,54)/b11-9-,15-14-,42-38+. The van der Waals surface area contributed by atoms with Gasteiger partial charge in [0, 0.05) is 12.8 Å². The van der Waals surface area contributed by atoms with Gasteiger partial charge in [-0.2, -0.15) is 0 Å². The fraction of sp³-hybridized carbons (Fsp3) is 0.840. The Hall–Kier alpha value is -1.92. The monoisotopic (exact) mass is 788 g/mol. The summed E-state index contributed by atoms with van der Waals surface area (Å²) < 4.78 is 5.45. The molecule has 56 heavy (non-hydrogen) atoms. The third-order valence-electron chi connectivity index (χ3n) is 10.9. The Morgan fingerprint density at radius 3 is 1.41 bits per heavy atom. The van der Waals surface area contributed by atoms with Crippen LogP contribution in [0.5, 0.6) is 0 Å². The molecule has 0 saturated heterocycles. The van der Waals surface area contributed by atoms with Crippen molar-refractivity contribution in [2.24, 2.45) is 0 Å². The Morgan fingerprint density at radius 1 is 0.500 bits per heavy atom. The molecule has 0 aromatic carbocycles. The smallest absolute Gasteiger partial charge is 0.305 e. The molecule has 0 aromatic heterocycles. The zero-order valence-electron chi connectivity index (χ0n) is 37.1. The second-order valence-corrected chi connectivity index (χ2v) is 16.4.